The normalized spacial score (nSPS) is 13.8. The van der Waals surface area contributed by atoms with E-state index in [-0.39, 0.29) is 30.7 Å². The molecule has 168 valence electrons. The van der Waals surface area contributed by atoms with Gasteiger partial charge in [-0.3, -0.25) is 4.79 Å². The Bertz CT molecular complexity index is 927. The van der Waals surface area contributed by atoms with Crippen molar-refractivity contribution in [2.75, 3.05) is 39.3 Å². The number of hydrogen-bond acceptors (Lipinski definition) is 5. The molecule has 7 nitrogen and oxygen atoms in total. The fourth-order valence-electron chi connectivity index (χ4n) is 3.48. The molecule has 4 rings (SSSR count). The molecule has 31 heavy (non-hydrogen) atoms. The van der Waals surface area contributed by atoms with Crippen LogP contribution in [0.15, 0.2) is 54.9 Å². The van der Waals surface area contributed by atoms with Crippen LogP contribution in [0.3, 0.4) is 0 Å². The minimum atomic E-state index is -0.0662. The number of benzene rings is 1. The Morgan fingerprint density at radius 1 is 1.13 bits per heavy atom. The largest absolute Gasteiger partial charge is 0.487 e. The van der Waals surface area contributed by atoms with Gasteiger partial charge in [-0.25, -0.2) is 4.98 Å². The summed E-state index contributed by atoms with van der Waals surface area (Å²) in [7, 11) is 0. The molecule has 2 N–H and O–H groups in total. The number of carbonyl (C=O) groups is 1. The molecule has 0 bridgehead atoms. The summed E-state index contributed by atoms with van der Waals surface area (Å²) in [6.07, 6.45) is 4.86. The van der Waals surface area contributed by atoms with Crippen molar-refractivity contribution in [3.8, 4) is 5.75 Å². The van der Waals surface area contributed by atoms with Crippen LogP contribution in [0, 0.1) is 0 Å². The van der Waals surface area contributed by atoms with Crippen LogP contribution < -0.4 is 15.4 Å². The van der Waals surface area contributed by atoms with Crippen molar-refractivity contribution in [3.05, 3.63) is 66.1 Å². The van der Waals surface area contributed by atoms with Gasteiger partial charge >= 0.3 is 0 Å². The van der Waals surface area contributed by atoms with Gasteiger partial charge < -0.3 is 24.7 Å². The topological polar surface area (TPSA) is 70.9 Å². The van der Waals surface area contributed by atoms with Gasteiger partial charge in [-0.1, -0.05) is 12.1 Å². The van der Waals surface area contributed by atoms with Crippen LogP contribution in [0.25, 0.3) is 5.65 Å². The van der Waals surface area contributed by atoms with Gasteiger partial charge in [0.25, 0.3) is 5.91 Å². The molecule has 2 aromatic heterocycles. The number of halogens is 2. The van der Waals surface area contributed by atoms with E-state index in [4.69, 9.17) is 4.74 Å². The molecule has 1 saturated heterocycles. The lowest BCUT2D eigenvalue weighted by Gasteiger charge is -2.27. The summed E-state index contributed by atoms with van der Waals surface area (Å²) >= 11 is 0. The number of rotatable bonds is 8. The third-order valence-electron chi connectivity index (χ3n) is 5.04. The first kappa shape index (κ1) is 24.9. The molecule has 0 unspecified atom stereocenters. The van der Waals surface area contributed by atoms with E-state index in [0.29, 0.717) is 24.5 Å². The highest BCUT2D eigenvalue weighted by Crippen LogP contribution is 2.15. The number of carbonyl (C=O) groups excluding carboxylic acids is 1. The number of pyridine rings is 1. The first-order valence-electron chi connectivity index (χ1n) is 10.1. The highest BCUT2D eigenvalue weighted by molar-refractivity contribution is 5.94. The fourth-order valence-corrected chi connectivity index (χ4v) is 3.48. The minimum absolute atomic E-state index is 0. The predicted octanol–water partition coefficient (Wildman–Crippen LogP) is 2.78. The van der Waals surface area contributed by atoms with Crippen molar-refractivity contribution in [1.29, 1.82) is 0 Å². The number of nitrogens with one attached hydrogen (secondary N) is 2. The number of ether oxygens (including phenoxy) is 1. The summed E-state index contributed by atoms with van der Waals surface area (Å²) in [5, 5.41) is 6.35. The van der Waals surface area contributed by atoms with E-state index in [1.165, 1.54) is 0 Å². The second-order valence-corrected chi connectivity index (χ2v) is 7.22. The second kappa shape index (κ2) is 12.5. The molecule has 0 spiro atoms. The van der Waals surface area contributed by atoms with E-state index < -0.39 is 0 Å². The lowest BCUT2D eigenvalue weighted by molar-refractivity contribution is 0.0950. The first-order chi connectivity index (χ1) is 14.3. The first-order valence-corrected chi connectivity index (χ1v) is 10.1. The minimum Gasteiger partial charge on any atom is -0.487 e. The van der Waals surface area contributed by atoms with Crippen molar-refractivity contribution < 1.29 is 9.53 Å². The fraction of sp³-hybridized carbons (Fsp3) is 0.364. The highest BCUT2D eigenvalue weighted by atomic mass is 35.5. The SMILES string of the molecule is Cl.Cl.O=C(NCCCN1CCNCC1)c1cccc(OCc2cn3ccccc3n2)c1. The van der Waals surface area contributed by atoms with Crippen molar-refractivity contribution in [3.63, 3.8) is 0 Å². The number of hydrogen-bond donors (Lipinski definition) is 2. The smallest absolute Gasteiger partial charge is 0.251 e. The maximum absolute atomic E-state index is 12.4. The Labute approximate surface area is 195 Å². The lowest BCUT2D eigenvalue weighted by atomic mass is 10.2. The van der Waals surface area contributed by atoms with Crippen LogP contribution in [0.5, 0.6) is 5.75 Å². The molecule has 1 aliphatic rings. The van der Waals surface area contributed by atoms with Crippen LogP contribution in [-0.2, 0) is 6.61 Å². The van der Waals surface area contributed by atoms with E-state index in [2.05, 4.69) is 20.5 Å². The zero-order chi connectivity index (χ0) is 19.9. The standard InChI is InChI=1S/C22H27N5O2.2ClH/c28-22(24-8-4-11-26-13-9-23-10-14-26)18-5-3-6-20(15-18)29-17-19-16-27-12-2-1-7-21(27)25-19;;/h1-3,5-7,12,15-16,23H,4,8-11,13-14,17H2,(H,24,28);2*1H. The Balaban J connectivity index is 0.00000171. The van der Waals surface area contributed by atoms with Crippen molar-refractivity contribution in [1.82, 2.24) is 24.9 Å². The van der Waals surface area contributed by atoms with Crippen LogP contribution >= 0.6 is 24.8 Å². The molecule has 1 aromatic carbocycles. The maximum atomic E-state index is 12.4. The van der Waals surface area contributed by atoms with Crippen molar-refractivity contribution in [2.45, 2.75) is 13.0 Å². The van der Waals surface area contributed by atoms with E-state index in [0.717, 1.165) is 50.5 Å². The zero-order valence-electron chi connectivity index (χ0n) is 17.3. The third-order valence-corrected chi connectivity index (χ3v) is 5.04. The van der Waals surface area contributed by atoms with Crippen LogP contribution in [0.1, 0.15) is 22.5 Å². The summed E-state index contributed by atoms with van der Waals surface area (Å²) < 4.78 is 7.81. The molecule has 1 amide bonds. The number of fused-ring (bicyclic) bond motifs is 1. The molecular formula is C22H29Cl2N5O2. The van der Waals surface area contributed by atoms with Crippen molar-refractivity contribution in [2.24, 2.45) is 0 Å². The number of nitrogens with zero attached hydrogens (tertiary/aromatic N) is 3. The van der Waals surface area contributed by atoms with E-state index in [9.17, 15) is 4.79 Å². The van der Waals surface area contributed by atoms with Gasteiger partial charge in [-0.15, -0.1) is 24.8 Å². The summed E-state index contributed by atoms with van der Waals surface area (Å²) in [6.45, 7) is 6.32. The lowest BCUT2D eigenvalue weighted by Crippen LogP contribution is -2.44. The van der Waals surface area contributed by atoms with E-state index in [1.807, 2.05) is 53.2 Å². The second-order valence-electron chi connectivity index (χ2n) is 7.22. The molecule has 0 radical (unpaired) electrons. The van der Waals surface area contributed by atoms with Gasteiger partial charge in [0.2, 0.25) is 0 Å². The van der Waals surface area contributed by atoms with Gasteiger partial charge in [-0.2, -0.15) is 0 Å². The molecule has 1 fully saturated rings. The van der Waals surface area contributed by atoms with E-state index >= 15 is 0 Å². The van der Waals surface area contributed by atoms with Crippen LogP contribution in [0.4, 0.5) is 0 Å². The molecule has 3 heterocycles. The van der Waals surface area contributed by atoms with Gasteiger partial charge in [0, 0.05) is 50.7 Å². The number of amides is 1. The molecule has 1 aliphatic heterocycles. The highest BCUT2D eigenvalue weighted by Gasteiger charge is 2.10. The van der Waals surface area contributed by atoms with E-state index in [1.54, 1.807) is 6.07 Å². The monoisotopic (exact) mass is 465 g/mol. The molecule has 0 atom stereocenters. The third kappa shape index (κ3) is 7.11. The zero-order valence-corrected chi connectivity index (χ0v) is 19.0. The Morgan fingerprint density at radius 2 is 1.97 bits per heavy atom. The molecule has 9 heteroatoms. The average molecular weight is 466 g/mol. The molecular weight excluding hydrogens is 437 g/mol. The van der Waals surface area contributed by atoms with Gasteiger partial charge in [0.1, 0.15) is 18.0 Å². The van der Waals surface area contributed by atoms with Gasteiger partial charge in [0.05, 0.1) is 5.69 Å². The summed E-state index contributed by atoms with van der Waals surface area (Å²) in [5.41, 5.74) is 2.35. The quantitative estimate of drug-likeness (QED) is 0.500. The predicted molar refractivity (Wildman–Crippen MR) is 127 cm³/mol. The Morgan fingerprint density at radius 3 is 2.77 bits per heavy atom. The molecule has 0 saturated carbocycles. The Hall–Kier alpha value is -2.32. The number of piperazine rings is 1. The average Bonchev–Trinajstić information content (AvgIpc) is 3.19. The summed E-state index contributed by atoms with van der Waals surface area (Å²) in [6, 6.07) is 13.2. The summed E-state index contributed by atoms with van der Waals surface area (Å²) in [4.78, 5) is 19.4. The van der Waals surface area contributed by atoms with Gasteiger partial charge in [-0.05, 0) is 43.3 Å². The van der Waals surface area contributed by atoms with Gasteiger partial charge in [0.15, 0.2) is 0 Å². The van der Waals surface area contributed by atoms with Crippen LogP contribution in [0.2, 0.25) is 0 Å². The number of aromatic nitrogens is 2. The Kier molecular flexibility index (Phi) is 10.1. The summed E-state index contributed by atoms with van der Waals surface area (Å²) in [5.74, 6) is 0.596. The van der Waals surface area contributed by atoms with Crippen molar-refractivity contribution >= 4 is 36.4 Å². The van der Waals surface area contributed by atoms with Crippen LogP contribution in [-0.4, -0.2) is 59.5 Å². The maximum Gasteiger partial charge on any atom is 0.251 e. The number of imidazole rings is 1. The molecule has 0 aliphatic carbocycles. The molecule has 3 aromatic rings.